The topological polar surface area (TPSA) is 78.5 Å². The lowest BCUT2D eigenvalue weighted by Gasteiger charge is -2.28. The Morgan fingerprint density at radius 1 is 1.37 bits per heavy atom. The summed E-state index contributed by atoms with van der Waals surface area (Å²) in [6.07, 6.45) is 0.791. The second kappa shape index (κ2) is 6.65. The normalized spacial score (nSPS) is 21.7. The van der Waals surface area contributed by atoms with Crippen molar-refractivity contribution < 1.29 is 14.4 Å². The van der Waals surface area contributed by atoms with Gasteiger partial charge in [-0.25, -0.2) is 0 Å². The number of imide groups is 1. The minimum absolute atomic E-state index is 0.0928. The van der Waals surface area contributed by atoms with E-state index in [4.69, 9.17) is 0 Å². The first-order chi connectivity index (χ1) is 8.82. The maximum Gasteiger partial charge on any atom is 0.246 e. The van der Waals surface area contributed by atoms with Crippen molar-refractivity contribution in [1.29, 1.82) is 0 Å². The van der Waals surface area contributed by atoms with Gasteiger partial charge in [0.25, 0.3) is 0 Å². The smallest absolute Gasteiger partial charge is 0.246 e. The molecule has 1 aliphatic heterocycles. The molecule has 0 aliphatic carbocycles. The summed E-state index contributed by atoms with van der Waals surface area (Å²) < 4.78 is 0. The Labute approximate surface area is 113 Å². The van der Waals surface area contributed by atoms with Crippen LogP contribution in [0.4, 0.5) is 0 Å². The van der Waals surface area contributed by atoms with Crippen molar-refractivity contribution >= 4 is 17.7 Å². The number of piperidine rings is 1. The zero-order valence-electron chi connectivity index (χ0n) is 12.0. The van der Waals surface area contributed by atoms with E-state index in [9.17, 15) is 14.4 Å². The summed E-state index contributed by atoms with van der Waals surface area (Å²) in [5.41, 5.74) is 0. The Hall–Kier alpha value is -1.43. The Morgan fingerprint density at radius 3 is 2.58 bits per heavy atom. The number of amides is 3. The highest BCUT2D eigenvalue weighted by Crippen LogP contribution is 2.11. The van der Waals surface area contributed by atoms with Crippen LogP contribution in [0.15, 0.2) is 0 Å². The number of hydrogen-bond acceptors (Lipinski definition) is 4. The largest absolute Gasteiger partial charge is 0.352 e. The summed E-state index contributed by atoms with van der Waals surface area (Å²) in [6, 6.07) is -0.344. The van der Waals surface area contributed by atoms with Gasteiger partial charge in [-0.15, -0.1) is 0 Å². The van der Waals surface area contributed by atoms with Crippen LogP contribution >= 0.6 is 0 Å². The number of hydrogen-bond donors (Lipinski definition) is 2. The predicted octanol–water partition coefficient (Wildman–Crippen LogP) is -0.116. The molecule has 2 N–H and O–H groups in total. The van der Waals surface area contributed by atoms with Crippen molar-refractivity contribution in [3.05, 3.63) is 0 Å². The first kappa shape index (κ1) is 15.6. The molecular weight excluding hydrogens is 246 g/mol. The second-order valence-electron chi connectivity index (χ2n) is 5.36. The van der Waals surface area contributed by atoms with Crippen LogP contribution in [0.25, 0.3) is 0 Å². The van der Waals surface area contributed by atoms with Gasteiger partial charge < -0.3 is 5.32 Å². The summed E-state index contributed by atoms with van der Waals surface area (Å²) in [5, 5.41) is 5.77. The van der Waals surface area contributed by atoms with E-state index in [1.165, 1.54) is 7.05 Å². The minimum atomic E-state index is -0.442. The van der Waals surface area contributed by atoms with Gasteiger partial charge in [-0.2, -0.15) is 0 Å². The lowest BCUT2D eigenvalue weighted by Crippen LogP contribution is -2.53. The van der Waals surface area contributed by atoms with E-state index in [2.05, 4.69) is 10.6 Å². The minimum Gasteiger partial charge on any atom is -0.352 e. The van der Waals surface area contributed by atoms with Gasteiger partial charge in [-0.05, 0) is 19.3 Å². The third-order valence-electron chi connectivity index (χ3n) is 3.55. The van der Waals surface area contributed by atoms with Gasteiger partial charge in [0, 0.05) is 19.5 Å². The zero-order valence-corrected chi connectivity index (χ0v) is 12.0. The van der Waals surface area contributed by atoms with Crippen molar-refractivity contribution in [2.45, 2.75) is 45.7 Å². The Kier molecular flexibility index (Phi) is 5.47. The fraction of sp³-hybridized carbons (Fsp3) is 0.769. The summed E-state index contributed by atoms with van der Waals surface area (Å²) >= 11 is 0. The highest BCUT2D eigenvalue weighted by Gasteiger charge is 2.31. The van der Waals surface area contributed by atoms with Crippen LogP contribution in [0.5, 0.6) is 0 Å². The molecule has 2 atom stereocenters. The van der Waals surface area contributed by atoms with E-state index in [1.807, 2.05) is 20.8 Å². The highest BCUT2D eigenvalue weighted by molar-refractivity contribution is 6.00. The lowest BCUT2D eigenvalue weighted by atomic mass is 10.0. The fourth-order valence-corrected chi connectivity index (χ4v) is 1.79. The number of likely N-dealkylation sites (tertiary alicyclic amines) is 1. The van der Waals surface area contributed by atoms with Crippen LogP contribution in [0.2, 0.25) is 0 Å². The number of rotatable bonds is 5. The quantitative estimate of drug-likeness (QED) is 0.682. The van der Waals surface area contributed by atoms with Crippen LogP contribution < -0.4 is 10.6 Å². The van der Waals surface area contributed by atoms with E-state index >= 15 is 0 Å². The average Bonchev–Trinajstić information content (AvgIpc) is 2.35. The Balaban J connectivity index is 2.38. The Bertz CT molecular complexity index is 368. The monoisotopic (exact) mass is 269 g/mol. The lowest BCUT2D eigenvalue weighted by molar-refractivity contribution is -0.148. The molecule has 0 bridgehead atoms. The van der Waals surface area contributed by atoms with Gasteiger partial charge in [-0.1, -0.05) is 13.8 Å². The molecule has 1 saturated heterocycles. The van der Waals surface area contributed by atoms with E-state index < -0.39 is 6.04 Å². The number of carbonyl (C=O) groups is 3. The van der Waals surface area contributed by atoms with Crippen LogP contribution in [-0.4, -0.2) is 48.3 Å². The number of nitrogens with one attached hydrogen (secondary N) is 2. The first-order valence-corrected chi connectivity index (χ1v) is 6.66. The molecule has 0 spiro atoms. The molecule has 6 nitrogen and oxygen atoms in total. The SMILES string of the molecule is CC(C)C(C)NC(=O)CNC1CCC(=O)N(C)C1=O. The average molecular weight is 269 g/mol. The zero-order chi connectivity index (χ0) is 14.6. The molecule has 2 unspecified atom stereocenters. The maximum absolute atomic E-state index is 11.8. The molecule has 0 aromatic carbocycles. The molecule has 0 aromatic heterocycles. The third-order valence-corrected chi connectivity index (χ3v) is 3.55. The summed E-state index contributed by atoms with van der Waals surface area (Å²) in [4.78, 5) is 35.9. The standard InChI is InChI=1S/C13H23N3O3/c1-8(2)9(3)15-11(17)7-14-10-5-6-12(18)16(4)13(10)19/h8-10,14H,5-7H2,1-4H3,(H,15,17). The summed E-state index contributed by atoms with van der Waals surface area (Å²) in [7, 11) is 1.47. The van der Waals surface area contributed by atoms with Crippen molar-refractivity contribution in [2.24, 2.45) is 5.92 Å². The molecular formula is C13H23N3O3. The van der Waals surface area contributed by atoms with Gasteiger partial charge in [0.1, 0.15) is 0 Å². The van der Waals surface area contributed by atoms with E-state index in [0.29, 0.717) is 18.8 Å². The predicted molar refractivity (Wildman–Crippen MR) is 71.2 cm³/mol. The van der Waals surface area contributed by atoms with E-state index in [0.717, 1.165) is 4.90 Å². The molecule has 0 saturated carbocycles. The summed E-state index contributed by atoms with van der Waals surface area (Å²) in [6.45, 7) is 6.10. The number of nitrogens with zero attached hydrogens (tertiary/aromatic N) is 1. The molecule has 1 aliphatic rings. The highest BCUT2D eigenvalue weighted by atomic mass is 16.2. The molecule has 3 amide bonds. The molecule has 1 heterocycles. The van der Waals surface area contributed by atoms with Crippen molar-refractivity contribution in [2.75, 3.05) is 13.6 Å². The van der Waals surface area contributed by atoms with E-state index in [-0.39, 0.29) is 30.3 Å². The van der Waals surface area contributed by atoms with Gasteiger partial charge >= 0.3 is 0 Å². The van der Waals surface area contributed by atoms with Crippen LogP contribution in [0.3, 0.4) is 0 Å². The molecule has 19 heavy (non-hydrogen) atoms. The third kappa shape index (κ3) is 4.31. The molecule has 108 valence electrons. The fourth-order valence-electron chi connectivity index (χ4n) is 1.79. The van der Waals surface area contributed by atoms with Gasteiger partial charge in [0.15, 0.2) is 0 Å². The molecule has 1 fully saturated rings. The Morgan fingerprint density at radius 2 is 2.00 bits per heavy atom. The molecule has 1 rings (SSSR count). The molecule has 0 aromatic rings. The van der Waals surface area contributed by atoms with E-state index in [1.54, 1.807) is 0 Å². The summed E-state index contributed by atoms with van der Waals surface area (Å²) in [5.74, 6) is -0.195. The van der Waals surface area contributed by atoms with Crippen molar-refractivity contribution in [3.8, 4) is 0 Å². The number of likely N-dealkylation sites (N-methyl/N-ethyl adjacent to an activating group) is 1. The van der Waals surface area contributed by atoms with Crippen molar-refractivity contribution in [1.82, 2.24) is 15.5 Å². The van der Waals surface area contributed by atoms with Gasteiger partial charge in [-0.3, -0.25) is 24.6 Å². The number of carbonyl (C=O) groups excluding carboxylic acids is 3. The second-order valence-corrected chi connectivity index (χ2v) is 5.36. The van der Waals surface area contributed by atoms with Gasteiger partial charge in [0.2, 0.25) is 17.7 Å². The van der Waals surface area contributed by atoms with Crippen LogP contribution in [0, 0.1) is 5.92 Å². The van der Waals surface area contributed by atoms with Gasteiger partial charge in [0.05, 0.1) is 12.6 Å². The van der Waals surface area contributed by atoms with Crippen molar-refractivity contribution in [3.63, 3.8) is 0 Å². The van der Waals surface area contributed by atoms with Crippen LogP contribution in [-0.2, 0) is 14.4 Å². The molecule has 6 heteroatoms. The first-order valence-electron chi connectivity index (χ1n) is 6.66. The van der Waals surface area contributed by atoms with Crippen LogP contribution in [0.1, 0.15) is 33.6 Å². The maximum atomic E-state index is 11.8. The molecule has 0 radical (unpaired) electrons.